The summed E-state index contributed by atoms with van der Waals surface area (Å²) in [6, 6.07) is 10.3. The number of aryl methyl sites for hydroxylation is 1. The average molecular weight is 359 g/mol. The minimum Gasteiger partial charge on any atom is -0.400 e. The third-order valence-corrected chi connectivity index (χ3v) is 0.940. The van der Waals surface area contributed by atoms with E-state index in [-0.39, 0.29) is 40.1 Å². The maximum Gasteiger partial charge on any atom is 0.0319 e. The maximum atomic E-state index is 7.00. The van der Waals surface area contributed by atoms with E-state index in [1.54, 1.807) is 0 Å². The summed E-state index contributed by atoms with van der Waals surface area (Å²) in [5, 5.41) is 7.00. The van der Waals surface area contributed by atoms with Gasteiger partial charge in [0.25, 0.3) is 0 Å². The van der Waals surface area contributed by atoms with Gasteiger partial charge in [-0.05, 0) is 12.8 Å². The largest absolute Gasteiger partial charge is 0.400 e. The molecule has 0 bridgehead atoms. The zero-order chi connectivity index (χ0) is 15.4. The van der Waals surface area contributed by atoms with Crippen LogP contribution in [0, 0.1) is 26.7 Å². The maximum absolute atomic E-state index is 7.00. The van der Waals surface area contributed by atoms with Crippen LogP contribution in [0.5, 0.6) is 0 Å². The first-order valence-electron chi connectivity index (χ1n) is 6.74. The number of hydrogen-bond donors (Lipinski definition) is 1. The Morgan fingerprint density at radius 2 is 1.10 bits per heavy atom. The summed E-state index contributed by atoms with van der Waals surface area (Å²) >= 11 is 0. The Kier molecular flexibility index (Phi) is 79.0. The summed E-state index contributed by atoms with van der Waals surface area (Å²) < 4.78 is 0. The second-order valence-electron chi connectivity index (χ2n) is 3.96. The topological polar surface area (TPSA) is 20.2 Å². The molecule has 1 N–H and O–H groups in total. The molecule has 1 nitrogen and oxygen atoms in total. The van der Waals surface area contributed by atoms with Crippen molar-refractivity contribution in [3.05, 3.63) is 49.7 Å². The van der Waals surface area contributed by atoms with Crippen LogP contribution >= 0.6 is 0 Å². The van der Waals surface area contributed by atoms with Crippen LogP contribution in [-0.4, -0.2) is 12.2 Å². The van der Waals surface area contributed by atoms with Crippen LogP contribution in [0.4, 0.5) is 0 Å². The molecule has 0 saturated carbocycles. The molecular formula is C18H38OY-2. The molecule has 0 heterocycles. The van der Waals surface area contributed by atoms with Gasteiger partial charge in [0.05, 0.1) is 0 Å². The Bertz CT molecular complexity index is 183. The Morgan fingerprint density at radius 1 is 0.900 bits per heavy atom. The molecule has 0 unspecified atom stereocenters. The zero-order valence-electron chi connectivity index (χ0n) is 15.6. The van der Waals surface area contributed by atoms with E-state index in [4.69, 9.17) is 5.11 Å². The smallest absolute Gasteiger partial charge is 0.0319 e. The summed E-state index contributed by atoms with van der Waals surface area (Å²) in [5.74, 6) is 0.833. The molecule has 0 amide bonds. The van der Waals surface area contributed by atoms with Crippen molar-refractivity contribution < 1.29 is 37.8 Å². The fraction of sp³-hybridized carbons (Fsp3) is 0.556. The summed E-state index contributed by atoms with van der Waals surface area (Å²) in [7, 11) is 1.00. The number of hydrogen-bond acceptors (Lipinski definition) is 1. The summed E-state index contributed by atoms with van der Waals surface area (Å²) in [4.78, 5) is 0. The second kappa shape index (κ2) is 42.7. The molecule has 0 fully saturated rings. The van der Waals surface area contributed by atoms with Gasteiger partial charge in [-0.1, -0.05) is 70.5 Å². The Morgan fingerprint density at radius 3 is 1.20 bits per heavy atom. The molecule has 0 aromatic heterocycles. The van der Waals surface area contributed by atoms with Crippen LogP contribution in [0.3, 0.4) is 0 Å². The first-order chi connectivity index (χ1) is 8.54. The molecule has 1 radical (unpaired) electrons. The quantitative estimate of drug-likeness (QED) is 0.566. The normalized spacial score (nSPS) is 6.35. The molecule has 0 saturated heterocycles. The van der Waals surface area contributed by atoms with Crippen molar-refractivity contribution in [2.75, 3.05) is 7.11 Å². The fourth-order valence-electron chi connectivity index (χ4n) is 0.534. The van der Waals surface area contributed by atoms with Crippen LogP contribution < -0.4 is 0 Å². The fourth-order valence-corrected chi connectivity index (χ4v) is 0.534. The van der Waals surface area contributed by atoms with Crippen molar-refractivity contribution in [2.24, 2.45) is 5.92 Å². The monoisotopic (exact) mass is 359 g/mol. The van der Waals surface area contributed by atoms with Crippen molar-refractivity contribution in [3.63, 3.8) is 0 Å². The predicted octanol–water partition coefficient (Wildman–Crippen LogP) is 5.97. The van der Waals surface area contributed by atoms with Crippen molar-refractivity contribution in [1.82, 2.24) is 0 Å². The minimum atomic E-state index is 0. The number of aliphatic hydroxyl groups is 1. The van der Waals surface area contributed by atoms with Gasteiger partial charge in [-0.25, -0.2) is 0 Å². The number of benzene rings is 1. The summed E-state index contributed by atoms with van der Waals surface area (Å²) in [6.07, 6.45) is 2.00. The molecule has 0 spiro atoms. The van der Waals surface area contributed by atoms with E-state index in [0.29, 0.717) is 0 Å². The summed E-state index contributed by atoms with van der Waals surface area (Å²) in [6.45, 7) is 16.6. The van der Waals surface area contributed by atoms with Crippen molar-refractivity contribution in [1.29, 1.82) is 0 Å². The predicted molar refractivity (Wildman–Crippen MR) is 93.2 cm³/mol. The van der Waals surface area contributed by atoms with Gasteiger partial charge in [-0.3, -0.25) is 0 Å². The molecule has 1 rings (SSSR count). The van der Waals surface area contributed by atoms with Crippen LogP contribution in [0.2, 0.25) is 0 Å². The van der Waals surface area contributed by atoms with Gasteiger partial charge >= 0.3 is 0 Å². The molecule has 0 aliphatic carbocycles. The van der Waals surface area contributed by atoms with Gasteiger partial charge in [0.1, 0.15) is 0 Å². The van der Waals surface area contributed by atoms with Gasteiger partial charge in [0.2, 0.25) is 0 Å². The van der Waals surface area contributed by atoms with Gasteiger partial charge < -0.3 is 19.0 Å². The van der Waals surface area contributed by atoms with E-state index >= 15 is 0 Å². The van der Waals surface area contributed by atoms with Crippen LogP contribution in [0.25, 0.3) is 0 Å². The first-order valence-corrected chi connectivity index (χ1v) is 6.74. The molecule has 0 aliphatic rings. The summed E-state index contributed by atoms with van der Waals surface area (Å²) in [5.41, 5.74) is 1.32. The van der Waals surface area contributed by atoms with E-state index in [0.717, 1.165) is 13.0 Å². The average Bonchev–Trinajstić information content (AvgIpc) is 2.35. The Hall–Kier alpha value is 0.284. The molecule has 20 heavy (non-hydrogen) atoms. The van der Waals surface area contributed by atoms with Crippen LogP contribution in [-0.2, 0) is 32.7 Å². The van der Waals surface area contributed by atoms with Gasteiger partial charge in [-0.15, -0.1) is 0 Å². The third-order valence-electron chi connectivity index (χ3n) is 0.940. The molecule has 0 atom stereocenters. The molecular weight excluding hydrogens is 321 g/mol. The Balaban J connectivity index is -0.0000000334. The van der Waals surface area contributed by atoms with Crippen molar-refractivity contribution in [3.8, 4) is 0 Å². The van der Waals surface area contributed by atoms with Crippen molar-refractivity contribution in [2.45, 2.75) is 55.4 Å². The molecule has 2 heteroatoms. The standard InChI is InChI=1S/C7H8.C4H10.C3H7.C2H6.CH4O.CH3.Y/c1-7-5-3-2-4-6-7;1-4(2)3;1-3-2;2*1-2;;/h2-6H,1H3;4H,1-3H3;3H,1-2H3;1-2H3;2H,1H3;1H3;/q;;-1;;;-1;. The van der Waals surface area contributed by atoms with E-state index in [9.17, 15) is 0 Å². The first kappa shape index (κ1) is 37.0. The van der Waals surface area contributed by atoms with E-state index in [1.165, 1.54) is 5.56 Å². The number of rotatable bonds is 0. The van der Waals surface area contributed by atoms with Crippen LogP contribution in [0.15, 0.2) is 30.3 Å². The zero-order valence-corrected chi connectivity index (χ0v) is 18.4. The van der Waals surface area contributed by atoms with E-state index in [2.05, 4.69) is 39.8 Å². The molecule has 1 aromatic carbocycles. The van der Waals surface area contributed by atoms with Crippen molar-refractivity contribution >= 4 is 0 Å². The molecule has 1 aromatic rings. The van der Waals surface area contributed by atoms with E-state index < -0.39 is 0 Å². The number of aliphatic hydroxyl groups excluding tert-OH is 1. The Labute approximate surface area is 155 Å². The van der Waals surface area contributed by atoms with E-state index in [1.807, 2.05) is 52.3 Å². The van der Waals surface area contributed by atoms with Gasteiger partial charge in [-0.2, -0.15) is 13.8 Å². The second-order valence-corrected chi connectivity index (χ2v) is 3.96. The SMILES string of the molecule is CC.CC(C)C.CO.C[CH-]C.Cc1ccccc1.[CH3-].[Y]. The van der Waals surface area contributed by atoms with Gasteiger partial charge in [0, 0.05) is 39.8 Å². The van der Waals surface area contributed by atoms with Crippen LogP contribution in [0.1, 0.15) is 54.0 Å². The molecule has 0 aliphatic heterocycles. The minimum absolute atomic E-state index is 0. The third kappa shape index (κ3) is 79.6. The molecule has 121 valence electrons. The van der Waals surface area contributed by atoms with Gasteiger partial charge in [0.15, 0.2) is 0 Å².